The van der Waals surface area contributed by atoms with E-state index in [9.17, 15) is 4.79 Å². The zero-order chi connectivity index (χ0) is 12.4. The number of rotatable bonds is 2. The minimum Gasteiger partial charge on any atom is -0.285 e. The summed E-state index contributed by atoms with van der Waals surface area (Å²) >= 11 is 0. The van der Waals surface area contributed by atoms with Gasteiger partial charge in [0.25, 0.3) is 0 Å². The lowest BCUT2D eigenvalue weighted by Crippen LogP contribution is -2.06. The van der Waals surface area contributed by atoms with Crippen molar-refractivity contribution >= 4 is 16.7 Å². The Bertz CT molecular complexity index is 710. The third-order valence-electron chi connectivity index (χ3n) is 2.64. The average molecular weight is 235 g/mol. The SMILES string of the molecule is O=C(c1ccc2cccnc2c1)c1ncccn1. The molecule has 2 aromatic heterocycles. The lowest BCUT2D eigenvalue weighted by atomic mass is 10.1. The van der Waals surface area contributed by atoms with Crippen LogP contribution in [0.2, 0.25) is 0 Å². The van der Waals surface area contributed by atoms with Gasteiger partial charge in [0, 0.05) is 29.5 Å². The van der Waals surface area contributed by atoms with E-state index >= 15 is 0 Å². The van der Waals surface area contributed by atoms with E-state index in [1.807, 2.05) is 18.2 Å². The Morgan fingerprint density at radius 1 is 0.889 bits per heavy atom. The molecule has 18 heavy (non-hydrogen) atoms. The summed E-state index contributed by atoms with van der Waals surface area (Å²) in [6.45, 7) is 0. The second kappa shape index (κ2) is 4.33. The molecule has 4 nitrogen and oxygen atoms in total. The molecule has 4 heteroatoms. The van der Waals surface area contributed by atoms with E-state index in [1.165, 1.54) is 0 Å². The Morgan fingerprint density at radius 3 is 2.50 bits per heavy atom. The molecule has 1 aromatic carbocycles. The Kier molecular flexibility index (Phi) is 2.53. The van der Waals surface area contributed by atoms with Gasteiger partial charge in [-0.15, -0.1) is 0 Å². The monoisotopic (exact) mass is 235 g/mol. The molecule has 0 aliphatic carbocycles. The highest BCUT2D eigenvalue weighted by Crippen LogP contribution is 2.14. The molecule has 86 valence electrons. The average Bonchev–Trinajstić information content (AvgIpc) is 2.47. The smallest absolute Gasteiger partial charge is 0.230 e. The van der Waals surface area contributed by atoms with Gasteiger partial charge >= 0.3 is 0 Å². The van der Waals surface area contributed by atoms with Crippen LogP contribution in [0.1, 0.15) is 16.2 Å². The van der Waals surface area contributed by atoms with E-state index in [2.05, 4.69) is 15.0 Å². The number of carbonyl (C=O) groups is 1. The van der Waals surface area contributed by atoms with Crippen molar-refractivity contribution in [2.24, 2.45) is 0 Å². The van der Waals surface area contributed by atoms with E-state index < -0.39 is 0 Å². The third-order valence-corrected chi connectivity index (χ3v) is 2.64. The van der Waals surface area contributed by atoms with Crippen molar-refractivity contribution in [2.75, 3.05) is 0 Å². The Balaban J connectivity index is 2.07. The van der Waals surface area contributed by atoms with Crippen molar-refractivity contribution < 1.29 is 4.79 Å². The first-order valence-electron chi connectivity index (χ1n) is 5.51. The highest BCUT2D eigenvalue weighted by atomic mass is 16.1. The van der Waals surface area contributed by atoms with Crippen molar-refractivity contribution in [1.29, 1.82) is 0 Å². The summed E-state index contributed by atoms with van der Waals surface area (Å²) in [6.07, 6.45) is 4.81. The van der Waals surface area contributed by atoms with Gasteiger partial charge < -0.3 is 0 Å². The number of nitrogens with zero attached hydrogens (tertiary/aromatic N) is 3. The third kappa shape index (κ3) is 1.84. The van der Waals surface area contributed by atoms with Crippen LogP contribution in [0.15, 0.2) is 55.0 Å². The highest BCUT2D eigenvalue weighted by molar-refractivity contribution is 6.08. The number of hydrogen-bond acceptors (Lipinski definition) is 4. The van der Waals surface area contributed by atoms with E-state index in [0.29, 0.717) is 5.56 Å². The molecule has 0 aliphatic rings. The Morgan fingerprint density at radius 2 is 1.67 bits per heavy atom. The molecule has 0 saturated carbocycles. The van der Waals surface area contributed by atoms with Gasteiger partial charge in [-0.1, -0.05) is 18.2 Å². The van der Waals surface area contributed by atoms with Crippen LogP contribution in [0, 0.1) is 0 Å². The van der Waals surface area contributed by atoms with Crippen LogP contribution in [-0.4, -0.2) is 20.7 Å². The summed E-state index contributed by atoms with van der Waals surface area (Å²) in [5.41, 5.74) is 1.34. The first-order valence-corrected chi connectivity index (χ1v) is 5.51. The predicted molar refractivity (Wildman–Crippen MR) is 67.2 cm³/mol. The molecule has 0 atom stereocenters. The van der Waals surface area contributed by atoms with E-state index in [0.717, 1.165) is 10.9 Å². The molecular weight excluding hydrogens is 226 g/mol. The fourth-order valence-corrected chi connectivity index (χ4v) is 1.75. The number of carbonyl (C=O) groups excluding carboxylic acids is 1. The van der Waals surface area contributed by atoms with Gasteiger partial charge in [0.05, 0.1) is 5.52 Å². The van der Waals surface area contributed by atoms with Crippen molar-refractivity contribution in [2.45, 2.75) is 0 Å². The van der Waals surface area contributed by atoms with Crippen LogP contribution in [0.5, 0.6) is 0 Å². The fourth-order valence-electron chi connectivity index (χ4n) is 1.75. The van der Waals surface area contributed by atoms with Crippen LogP contribution >= 0.6 is 0 Å². The Hall–Kier alpha value is -2.62. The lowest BCUT2D eigenvalue weighted by Gasteiger charge is -2.01. The van der Waals surface area contributed by atoms with Crippen LogP contribution in [-0.2, 0) is 0 Å². The molecule has 0 saturated heterocycles. The van der Waals surface area contributed by atoms with Gasteiger partial charge in [-0.25, -0.2) is 9.97 Å². The lowest BCUT2D eigenvalue weighted by molar-refractivity contribution is 0.102. The number of fused-ring (bicyclic) bond motifs is 1. The first-order chi connectivity index (χ1) is 8.84. The molecule has 2 heterocycles. The zero-order valence-electron chi connectivity index (χ0n) is 9.45. The van der Waals surface area contributed by atoms with Crippen LogP contribution < -0.4 is 0 Å². The molecule has 3 rings (SSSR count). The van der Waals surface area contributed by atoms with E-state index in [-0.39, 0.29) is 11.6 Å². The van der Waals surface area contributed by atoms with Gasteiger partial charge in [0.15, 0.2) is 0 Å². The van der Waals surface area contributed by atoms with Crippen molar-refractivity contribution in [3.63, 3.8) is 0 Å². The van der Waals surface area contributed by atoms with Crippen LogP contribution in [0.25, 0.3) is 10.9 Å². The maximum Gasteiger partial charge on any atom is 0.230 e. The van der Waals surface area contributed by atoms with Crippen molar-refractivity contribution in [3.8, 4) is 0 Å². The minimum absolute atomic E-state index is 0.192. The molecule has 0 fully saturated rings. The summed E-state index contributed by atoms with van der Waals surface area (Å²) in [7, 11) is 0. The van der Waals surface area contributed by atoms with Gasteiger partial charge in [-0.05, 0) is 18.2 Å². The van der Waals surface area contributed by atoms with Crippen molar-refractivity contribution in [1.82, 2.24) is 15.0 Å². The van der Waals surface area contributed by atoms with Gasteiger partial charge in [-0.3, -0.25) is 9.78 Å². The fraction of sp³-hybridized carbons (Fsp3) is 0. The summed E-state index contributed by atoms with van der Waals surface area (Å²) in [5.74, 6) is 0.0101. The topological polar surface area (TPSA) is 55.7 Å². The summed E-state index contributed by atoms with van der Waals surface area (Å²) in [5, 5.41) is 1.00. The molecule has 0 amide bonds. The largest absolute Gasteiger partial charge is 0.285 e. The number of pyridine rings is 1. The maximum atomic E-state index is 12.1. The van der Waals surface area contributed by atoms with E-state index in [1.54, 1.807) is 36.8 Å². The maximum absolute atomic E-state index is 12.1. The second-order valence-corrected chi connectivity index (χ2v) is 3.81. The molecule has 0 unspecified atom stereocenters. The summed E-state index contributed by atoms with van der Waals surface area (Å²) < 4.78 is 0. The summed E-state index contributed by atoms with van der Waals surface area (Å²) in [4.78, 5) is 24.3. The molecule has 0 bridgehead atoms. The number of hydrogen-bond donors (Lipinski definition) is 0. The van der Waals surface area contributed by atoms with Crippen LogP contribution in [0.3, 0.4) is 0 Å². The first kappa shape index (κ1) is 10.5. The quantitative estimate of drug-likeness (QED) is 0.639. The predicted octanol–water partition coefficient (Wildman–Crippen LogP) is 2.26. The van der Waals surface area contributed by atoms with Crippen LogP contribution in [0.4, 0.5) is 0 Å². The van der Waals surface area contributed by atoms with Crippen molar-refractivity contribution in [3.05, 3.63) is 66.4 Å². The zero-order valence-corrected chi connectivity index (χ0v) is 9.45. The molecule has 0 spiro atoms. The molecule has 0 radical (unpaired) electrons. The molecule has 0 N–H and O–H groups in total. The summed E-state index contributed by atoms with van der Waals surface area (Å²) in [6, 6.07) is 10.9. The molecule has 3 aromatic rings. The second-order valence-electron chi connectivity index (χ2n) is 3.81. The van der Waals surface area contributed by atoms with E-state index in [4.69, 9.17) is 0 Å². The minimum atomic E-state index is -0.192. The standard InChI is InChI=1S/C14H9N3O/c18-13(14-16-7-2-8-17-14)11-5-4-10-3-1-6-15-12(10)9-11/h1-9H. The van der Waals surface area contributed by atoms with Gasteiger partial charge in [0.2, 0.25) is 11.6 Å². The number of aromatic nitrogens is 3. The highest BCUT2D eigenvalue weighted by Gasteiger charge is 2.11. The van der Waals surface area contributed by atoms with Gasteiger partial charge in [0.1, 0.15) is 0 Å². The normalized spacial score (nSPS) is 10.4. The van der Waals surface area contributed by atoms with Gasteiger partial charge in [-0.2, -0.15) is 0 Å². The molecular formula is C14H9N3O. The molecule has 0 aliphatic heterocycles. The number of benzene rings is 1. The Labute approximate surface area is 103 Å². The number of ketones is 1.